The van der Waals surface area contributed by atoms with E-state index in [0.29, 0.717) is 5.69 Å². The lowest BCUT2D eigenvalue weighted by atomic mass is 10.00. The maximum Gasteiger partial charge on any atom is 0.321 e. The van der Waals surface area contributed by atoms with Gasteiger partial charge < -0.3 is 16.0 Å². The van der Waals surface area contributed by atoms with Gasteiger partial charge in [0.2, 0.25) is 0 Å². The van der Waals surface area contributed by atoms with Crippen molar-refractivity contribution in [1.29, 1.82) is 0 Å². The molecule has 1 fully saturated rings. The van der Waals surface area contributed by atoms with Gasteiger partial charge in [-0.25, -0.2) is 4.79 Å². The van der Waals surface area contributed by atoms with Crippen LogP contribution in [0.1, 0.15) is 19.8 Å². The summed E-state index contributed by atoms with van der Waals surface area (Å²) in [6.45, 7) is 3.89. The van der Waals surface area contributed by atoms with Crippen LogP contribution in [0, 0.1) is 5.92 Å². The van der Waals surface area contributed by atoms with Crippen molar-refractivity contribution in [3.8, 4) is 0 Å². The SMILES string of the molecule is CC1CCN(C(=O)Nc2ccc(Br)c(N)c2)CC1. The Bertz CT molecular complexity index is 442. The highest BCUT2D eigenvalue weighted by molar-refractivity contribution is 9.10. The molecule has 1 aromatic rings. The van der Waals surface area contributed by atoms with Crippen molar-refractivity contribution in [2.75, 3.05) is 24.1 Å². The summed E-state index contributed by atoms with van der Waals surface area (Å²) in [7, 11) is 0. The molecule has 0 aromatic heterocycles. The van der Waals surface area contributed by atoms with E-state index < -0.39 is 0 Å². The predicted octanol–water partition coefficient (Wildman–Crippen LogP) is 3.30. The molecule has 0 aliphatic carbocycles. The number of rotatable bonds is 1. The number of benzene rings is 1. The van der Waals surface area contributed by atoms with Gasteiger partial charge in [0.15, 0.2) is 0 Å². The second-order valence-electron chi connectivity index (χ2n) is 4.84. The van der Waals surface area contributed by atoms with Crippen LogP contribution in [0.15, 0.2) is 22.7 Å². The molecule has 1 aliphatic rings. The number of carbonyl (C=O) groups is 1. The van der Waals surface area contributed by atoms with E-state index in [1.165, 1.54) is 0 Å². The quantitative estimate of drug-likeness (QED) is 0.782. The van der Waals surface area contributed by atoms with Gasteiger partial charge in [0, 0.05) is 28.9 Å². The molecular weight excluding hydrogens is 294 g/mol. The number of urea groups is 1. The summed E-state index contributed by atoms with van der Waals surface area (Å²) in [5, 5.41) is 2.88. The average molecular weight is 312 g/mol. The zero-order chi connectivity index (χ0) is 13.1. The Hall–Kier alpha value is -1.23. The van der Waals surface area contributed by atoms with Gasteiger partial charge >= 0.3 is 6.03 Å². The molecule has 2 rings (SSSR count). The fourth-order valence-electron chi connectivity index (χ4n) is 2.04. The molecule has 0 unspecified atom stereocenters. The first-order valence-electron chi connectivity index (χ1n) is 6.17. The molecular formula is C13H18BrN3O. The number of hydrogen-bond acceptors (Lipinski definition) is 2. The minimum Gasteiger partial charge on any atom is -0.398 e. The zero-order valence-corrected chi connectivity index (χ0v) is 12.0. The van der Waals surface area contributed by atoms with E-state index in [9.17, 15) is 4.79 Å². The van der Waals surface area contributed by atoms with Crippen molar-refractivity contribution in [2.45, 2.75) is 19.8 Å². The summed E-state index contributed by atoms with van der Waals surface area (Å²) >= 11 is 3.33. The van der Waals surface area contributed by atoms with E-state index in [-0.39, 0.29) is 6.03 Å². The van der Waals surface area contributed by atoms with Crippen molar-refractivity contribution in [3.05, 3.63) is 22.7 Å². The number of piperidine rings is 1. The third-order valence-corrected chi connectivity index (χ3v) is 4.04. The fourth-order valence-corrected chi connectivity index (χ4v) is 2.28. The van der Waals surface area contributed by atoms with Crippen LogP contribution in [-0.4, -0.2) is 24.0 Å². The van der Waals surface area contributed by atoms with Crippen LogP contribution in [0.5, 0.6) is 0 Å². The molecule has 5 heteroatoms. The van der Waals surface area contributed by atoms with Gasteiger partial charge in [0.05, 0.1) is 0 Å². The van der Waals surface area contributed by atoms with E-state index in [1.807, 2.05) is 17.0 Å². The highest BCUT2D eigenvalue weighted by Gasteiger charge is 2.20. The minimum absolute atomic E-state index is 0.0383. The summed E-state index contributed by atoms with van der Waals surface area (Å²) in [4.78, 5) is 13.9. The normalized spacial score (nSPS) is 16.7. The Morgan fingerprint density at radius 3 is 2.72 bits per heavy atom. The Morgan fingerprint density at radius 2 is 2.11 bits per heavy atom. The smallest absolute Gasteiger partial charge is 0.321 e. The number of nitrogens with one attached hydrogen (secondary N) is 1. The van der Waals surface area contributed by atoms with E-state index in [4.69, 9.17) is 5.73 Å². The molecule has 98 valence electrons. The van der Waals surface area contributed by atoms with Crippen LogP contribution >= 0.6 is 15.9 Å². The maximum absolute atomic E-state index is 12.0. The fraction of sp³-hybridized carbons (Fsp3) is 0.462. The van der Waals surface area contributed by atoms with Crippen molar-refractivity contribution >= 4 is 33.3 Å². The van der Waals surface area contributed by atoms with Gasteiger partial charge in [-0.15, -0.1) is 0 Å². The third kappa shape index (κ3) is 3.16. The molecule has 18 heavy (non-hydrogen) atoms. The van der Waals surface area contributed by atoms with E-state index in [2.05, 4.69) is 28.2 Å². The van der Waals surface area contributed by atoms with Gasteiger partial charge in [-0.2, -0.15) is 0 Å². The number of halogens is 1. The van der Waals surface area contributed by atoms with Crippen LogP contribution in [0.3, 0.4) is 0 Å². The number of nitrogen functional groups attached to an aromatic ring is 1. The first-order chi connectivity index (χ1) is 8.56. The molecule has 0 spiro atoms. The van der Waals surface area contributed by atoms with Crippen LogP contribution in [0.25, 0.3) is 0 Å². The highest BCUT2D eigenvalue weighted by atomic mass is 79.9. The number of anilines is 2. The summed E-state index contributed by atoms with van der Waals surface area (Å²) < 4.78 is 0.840. The summed E-state index contributed by atoms with van der Waals surface area (Å²) in [6, 6.07) is 5.39. The lowest BCUT2D eigenvalue weighted by Crippen LogP contribution is -2.40. The standard InChI is InChI=1S/C13H18BrN3O/c1-9-4-6-17(7-5-9)13(18)16-10-2-3-11(14)12(15)8-10/h2-3,8-9H,4-7,15H2,1H3,(H,16,18). The van der Waals surface area contributed by atoms with Crippen LogP contribution in [-0.2, 0) is 0 Å². The maximum atomic E-state index is 12.0. The van der Waals surface area contributed by atoms with Gasteiger partial charge in [-0.05, 0) is 52.9 Å². The Labute approximate surface area is 116 Å². The molecule has 0 atom stereocenters. The van der Waals surface area contributed by atoms with Gasteiger partial charge in [0.1, 0.15) is 0 Å². The summed E-state index contributed by atoms with van der Waals surface area (Å²) in [5.74, 6) is 0.720. The molecule has 4 nitrogen and oxygen atoms in total. The average Bonchev–Trinajstić information content (AvgIpc) is 2.34. The van der Waals surface area contributed by atoms with E-state index in [1.54, 1.807) is 6.07 Å². The number of nitrogens with zero attached hydrogens (tertiary/aromatic N) is 1. The lowest BCUT2D eigenvalue weighted by molar-refractivity contribution is 0.186. The first kappa shape index (κ1) is 13.2. The Morgan fingerprint density at radius 1 is 1.44 bits per heavy atom. The summed E-state index contributed by atoms with van der Waals surface area (Å²) in [5.41, 5.74) is 7.14. The molecule has 1 aromatic carbocycles. The van der Waals surface area contributed by atoms with Crippen LogP contribution in [0.2, 0.25) is 0 Å². The molecule has 0 saturated carbocycles. The number of likely N-dealkylation sites (tertiary alicyclic amines) is 1. The lowest BCUT2D eigenvalue weighted by Gasteiger charge is -2.30. The zero-order valence-electron chi connectivity index (χ0n) is 10.4. The summed E-state index contributed by atoms with van der Waals surface area (Å²) in [6.07, 6.45) is 2.16. The Balaban J connectivity index is 1.96. The molecule has 3 N–H and O–H groups in total. The first-order valence-corrected chi connectivity index (χ1v) is 6.96. The predicted molar refractivity (Wildman–Crippen MR) is 77.5 cm³/mol. The molecule has 2 amide bonds. The van der Waals surface area contributed by atoms with Crippen molar-refractivity contribution in [2.24, 2.45) is 5.92 Å². The molecule has 1 aliphatic heterocycles. The molecule has 1 heterocycles. The largest absolute Gasteiger partial charge is 0.398 e. The van der Waals surface area contributed by atoms with Crippen LogP contribution < -0.4 is 11.1 Å². The number of nitrogens with two attached hydrogens (primary N) is 1. The minimum atomic E-state index is -0.0383. The molecule has 0 radical (unpaired) electrons. The van der Waals surface area contributed by atoms with E-state index >= 15 is 0 Å². The monoisotopic (exact) mass is 311 g/mol. The number of carbonyl (C=O) groups excluding carboxylic acids is 1. The molecule has 1 saturated heterocycles. The second-order valence-corrected chi connectivity index (χ2v) is 5.69. The van der Waals surface area contributed by atoms with E-state index in [0.717, 1.165) is 42.0 Å². The van der Waals surface area contributed by atoms with Crippen molar-refractivity contribution in [3.63, 3.8) is 0 Å². The van der Waals surface area contributed by atoms with Crippen molar-refractivity contribution in [1.82, 2.24) is 4.90 Å². The Kier molecular flexibility index (Phi) is 4.11. The second kappa shape index (κ2) is 5.61. The topological polar surface area (TPSA) is 58.4 Å². The number of amides is 2. The highest BCUT2D eigenvalue weighted by Crippen LogP contribution is 2.23. The number of hydrogen-bond donors (Lipinski definition) is 2. The van der Waals surface area contributed by atoms with Gasteiger partial charge in [0.25, 0.3) is 0 Å². The third-order valence-electron chi connectivity index (χ3n) is 3.32. The van der Waals surface area contributed by atoms with Crippen LogP contribution in [0.4, 0.5) is 16.2 Å². The van der Waals surface area contributed by atoms with Gasteiger partial charge in [-0.3, -0.25) is 0 Å². The molecule has 0 bridgehead atoms. The van der Waals surface area contributed by atoms with Crippen molar-refractivity contribution < 1.29 is 4.79 Å². The van der Waals surface area contributed by atoms with Gasteiger partial charge in [-0.1, -0.05) is 6.92 Å².